The van der Waals surface area contributed by atoms with Gasteiger partial charge < -0.3 is 23.7 Å². The largest absolute Gasteiger partial charge is 0.502 e. The Balaban J connectivity index is 1.75. The minimum atomic E-state index is -0.501. The van der Waals surface area contributed by atoms with Gasteiger partial charge in [0.2, 0.25) is 11.2 Å². The Hall–Kier alpha value is -4.26. The number of rotatable bonds is 4. The van der Waals surface area contributed by atoms with Gasteiger partial charge in [0.25, 0.3) is 0 Å². The van der Waals surface area contributed by atoms with E-state index in [2.05, 4.69) is 0 Å². The molecule has 0 bridgehead atoms. The van der Waals surface area contributed by atoms with Gasteiger partial charge in [0.1, 0.15) is 17.6 Å². The lowest BCUT2D eigenvalue weighted by Crippen LogP contribution is -2.22. The molecule has 1 aromatic heterocycles. The highest BCUT2D eigenvalue weighted by molar-refractivity contribution is 5.90. The fourth-order valence-electron chi connectivity index (χ4n) is 4.27. The number of carbonyl (C=O) groups excluding carboxylic acids is 1. The van der Waals surface area contributed by atoms with E-state index in [-0.39, 0.29) is 29.1 Å². The van der Waals surface area contributed by atoms with Crippen LogP contribution in [0.15, 0.2) is 70.1 Å². The van der Waals surface area contributed by atoms with E-state index in [1.165, 1.54) is 20.5 Å². The fraction of sp³-hybridized carbons (Fsp3) is 0.154. The average molecular weight is 444 g/mol. The van der Waals surface area contributed by atoms with Crippen molar-refractivity contribution in [2.75, 3.05) is 14.2 Å². The van der Waals surface area contributed by atoms with Gasteiger partial charge in [-0.25, -0.2) is 0 Å². The predicted octanol–water partition coefficient (Wildman–Crippen LogP) is 4.62. The summed E-state index contributed by atoms with van der Waals surface area (Å²) in [4.78, 5) is 25.7. The summed E-state index contributed by atoms with van der Waals surface area (Å²) >= 11 is 0. The Labute approximate surface area is 188 Å². The molecule has 5 rings (SSSR count). The molecule has 0 spiro atoms. The number of esters is 1. The molecule has 0 fully saturated rings. The molecule has 0 unspecified atom stereocenters. The van der Waals surface area contributed by atoms with Crippen molar-refractivity contribution in [2.24, 2.45) is 0 Å². The zero-order valence-electron chi connectivity index (χ0n) is 18.0. The van der Waals surface area contributed by atoms with Crippen molar-refractivity contribution in [1.29, 1.82) is 0 Å². The SMILES string of the molecule is COc1cc([C@@H]2CC(=O)Oc3ccc4c(=O)c(-c5ccccc5)coc4c32)cc(OC)c1O. The quantitative estimate of drug-likeness (QED) is 0.362. The van der Waals surface area contributed by atoms with Crippen LogP contribution in [0.3, 0.4) is 0 Å². The van der Waals surface area contributed by atoms with Crippen LogP contribution in [-0.2, 0) is 4.79 Å². The molecule has 0 radical (unpaired) electrons. The first-order valence-corrected chi connectivity index (χ1v) is 10.3. The lowest BCUT2D eigenvalue weighted by molar-refractivity contribution is -0.135. The molecule has 0 saturated heterocycles. The molecule has 1 N–H and O–H groups in total. The number of methoxy groups -OCH3 is 2. The van der Waals surface area contributed by atoms with Crippen LogP contribution >= 0.6 is 0 Å². The van der Waals surface area contributed by atoms with Gasteiger partial charge in [0.15, 0.2) is 11.5 Å². The summed E-state index contributed by atoms with van der Waals surface area (Å²) in [6.45, 7) is 0. The highest BCUT2D eigenvalue weighted by atomic mass is 16.5. The molecule has 7 nitrogen and oxygen atoms in total. The van der Waals surface area contributed by atoms with E-state index in [1.807, 2.05) is 30.3 Å². The van der Waals surface area contributed by atoms with Crippen LogP contribution in [0, 0.1) is 0 Å². The van der Waals surface area contributed by atoms with Crippen molar-refractivity contribution in [3.8, 4) is 34.1 Å². The summed E-state index contributed by atoms with van der Waals surface area (Å²) in [6.07, 6.45) is 1.46. The number of phenols is 1. The maximum absolute atomic E-state index is 13.3. The van der Waals surface area contributed by atoms with Crippen LogP contribution in [0.2, 0.25) is 0 Å². The van der Waals surface area contributed by atoms with Gasteiger partial charge in [-0.05, 0) is 35.4 Å². The van der Waals surface area contributed by atoms with E-state index in [0.29, 0.717) is 33.4 Å². The van der Waals surface area contributed by atoms with Crippen molar-refractivity contribution in [3.63, 3.8) is 0 Å². The Morgan fingerprint density at radius 3 is 2.33 bits per heavy atom. The first-order valence-electron chi connectivity index (χ1n) is 10.3. The maximum Gasteiger partial charge on any atom is 0.312 e. The number of ether oxygens (including phenoxy) is 3. The Morgan fingerprint density at radius 1 is 0.970 bits per heavy atom. The summed E-state index contributed by atoms with van der Waals surface area (Å²) in [7, 11) is 2.86. The highest BCUT2D eigenvalue weighted by Gasteiger charge is 2.33. The van der Waals surface area contributed by atoms with Crippen LogP contribution in [0.25, 0.3) is 22.1 Å². The van der Waals surface area contributed by atoms with E-state index >= 15 is 0 Å². The van der Waals surface area contributed by atoms with Gasteiger partial charge in [0, 0.05) is 11.5 Å². The summed E-state index contributed by atoms with van der Waals surface area (Å²) in [5.74, 6) is -0.319. The molecule has 3 aromatic carbocycles. The zero-order valence-corrected chi connectivity index (χ0v) is 18.0. The Morgan fingerprint density at radius 2 is 1.67 bits per heavy atom. The van der Waals surface area contributed by atoms with E-state index < -0.39 is 11.9 Å². The molecule has 0 saturated carbocycles. The average Bonchev–Trinajstić information content (AvgIpc) is 2.84. The highest BCUT2D eigenvalue weighted by Crippen LogP contribution is 2.46. The van der Waals surface area contributed by atoms with Crippen LogP contribution in [0.1, 0.15) is 23.5 Å². The van der Waals surface area contributed by atoms with Gasteiger partial charge in [0.05, 0.1) is 31.6 Å². The summed E-state index contributed by atoms with van der Waals surface area (Å²) < 4.78 is 22.0. The van der Waals surface area contributed by atoms with Crippen molar-refractivity contribution < 1.29 is 28.5 Å². The van der Waals surface area contributed by atoms with Gasteiger partial charge >= 0.3 is 5.97 Å². The number of hydrogen-bond acceptors (Lipinski definition) is 7. The van der Waals surface area contributed by atoms with Crippen molar-refractivity contribution in [1.82, 2.24) is 0 Å². The lowest BCUT2D eigenvalue weighted by atomic mass is 9.84. The molecule has 0 aliphatic carbocycles. The molecular weight excluding hydrogens is 424 g/mol. The van der Waals surface area contributed by atoms with Gasteiger partial charge in [-0.3, -0.25) is 9.59 Å². The minimum Gasteiger partial charge on any atom is -0.502 e. The molecule has 4 aromatic rings. The fourth-order valence-corrected chi connectivity index (χ4v) is 4.27. The van der Waals surface area contributed by atoms with Crippen molar-refractivity contribution in [2.45, 2.75) is 12.3 Å². The molecule has 1 aliphatic heterocycles. The second-order valence-electron chi connectivity index (χ2n) is 7.70. The number of phenolic OH excluding ortho intramolecular Hbond substituents is 1. The van der Waals surface area contributed by atoms with Gasteiger partial charge in [-0.15, -0.1) is 0 Å². The van der Waals surface area contributed by atoms with Crippen LogP contribution in [0.4, 0.5) is 0 Å². The molecule has 1 atom stereocenters. The smallest absolute Gasteiger partial charge is 0.312 e. The zero-order chi connectivity index (χ0) is 23.1. The molecular formula is C26H20O7. The van der Waals surface area contributed by atoms with Crippen molar-refractivity contribution in [3.05, 3.63) is 82.2 Å². The van der Waals surface area contributed by atoms with E-state index in [0.717, 1.165) is 5.56 Å². The number of aromatic hydroxyl groups is 1. The predicted molar refractivity (Wildman–Crippen MR) is 121 cm³/mol. The summed E-state index contributed by atoms with van der Waals surface area (Å²) in [5.41, 5.74) is 2.60. The molecule has 33 heavy (non-hydrogen) atoms. The molecule has 0 amide bonds. The number of benzene rings is 3. The molecule has 166 valence electrons. The third-order valence-corrected chi connectivity index (χ3v) is 5.87. The molecule has 7 heteroatoms. The monoisotopic (exact) mass is 444 g/mol. The summed E-state index contributed by atoms with van der Waals surface area (Å²) in [6, 6.07) is 15.8. The third-order valence-electron chi connectivity index (χ3n) is 5.87. The third kappa shape index (κ3) is 3.38. The van der Waals surface area contributed by atoms with E-state index in [9.17, 15) is 14.7 Å². The maximum atomic E-state index is 13.3. The number of hydrogen-bond donors (Lipinski definition) is 1. The first-order chi connectivity index (χ1) is 16.0. The number of fused-ring (bicyclic) bond motifs is 3. The normalized spacial score (nSPS) is 15.1. The van der Waals surface area contributed by atoms with Crippen LogP contribution in [-0.4, -0.2) is 25.3 Å². The molecule has 1 aliphatic rings. The van der Waals surface area contributed by atoms with Crippen LogP contribution < -0.4 is 19.6 Å². The van der Waals surface area contributed by atoms with E-state index in [4.69, 9.17) is 18.6 Å². The van der Waals surface area contributed by atoms with Gasteiger partial charge in [-0.1, -0.05) is 30.3 Å². The molecule has 2 heterocycles. The van der Waals surface area contributed by atoms with Crippen LogP contribution in [0.5, 0.6) is 23.0 Å². The second-order valence-corrected chi connectivity index (χ2v) is 7.70. The minimum absolute atomic E-state index is 0.0212. The van der Waals surface area contributed by atoms with Crippen molar-refractivity contribution >= 4 is 16.9 Å². The Bertz CT molecular complexity index is 1410. The Kier molecular flexibility index (Phi) is 5.01. The first kappa shape index (κ1) is 20.6. The van der Waals surface area contributed by atoms with Gasteiger partial charge in [-0.2, -0.15) is 0 Å². The number of carbonyl (C=O) groups is 1. The topological polar surface area (TPSA) is 95.2 Å². The standard InChI is InChI=1S/C26H20O7/c1-30-20-10-15(11-21(31-2)25(20)29)17-12-22(27)33-19-9-8-16-24(28)18(13-32-26(16)23(17)19)14-6-4-3-5-7-14/h3-11,13,17,29H,12H2,1-2H3/t17-/m0/s1. The lowest BCUT2D eigenvalue weighted by Gasteiger charge is -2.26. The van der Waals surface area contributed by atoms with E-state index in [1.54, 1.807) is 24.3 Å². The second kappa shape index (κ2) is 8.02. The summed E-state index contributed by atoms with van der Waals surface area (Å²) in [5, 5.41) is 10.7.